The Morgan fingerprint density at radius 2 is 2.27 bits per heavy atom. The summed E-state index contributed by atoms with van der Waals surface area (Å²) in [6.45, 7) is 0. The number of hydrogen-bond acceptors (Lipinski definition) is 4. The molecule has 2 rings (SSSR count). The highest BCUT2D eigenvalue weighted by Crippen LogP contribution is 2.15. The Morgan fingerprint density at radius 3 is 3.00 bits per heavy atom. The molecule has 0 radical (unpaired) electrons. The molecule has 11 heavy (non-hydrogen) atoms. The van der Waals surface area contributed by atoms with Crippen LogP contribution in [0.3, 0.4) is 0 Å². The van der Waals surface area contributed by atoms with Gasteiger partial charge in [0.2, 0.25) is 0 Å². The fourth-order valence-electron chi connectivity index (χ4n) is 0.795. The number of aromatic nitrogens is 4. The van der Waals surface area contributed by atoms with Crippen LogP contribution in [0, 0.1) is 0 Å². The van der Waals surface area contributed by atoms with Crippen molar-refractivity contribution in [1.29, 1.82) is 0 Å². The lowest BCUT2D eigenvalue weighted by molar-refractivity contribution is 0.414. The van der Waals surface area contributed by atoms with Gasteiger partial charge in [-0.3, -0.25) is 0 Å². The quantitative estimate of drug-likeness (QED) is 0.625. The molecule has 0 fully saturated rings. The fourth-order valence-corrected chi connectivity index (χ4v) is 0.973. The SMILES string of the molecule is Oc1nnc(Cl)c2cncn12. The van der Waals surface area contributed by atoms with Gasteiger partial charge in [0.1, 0.15) is 11.8 Å². The Balaban J connectivity index is 2.96. The van der Waals surface area contributed by atoms with Gasteiger partial charge >= 0.3 is 6.01 Å². The summed E-state index contributed by atoms with van der Waals surface area (Å²) >= 11 is 5.62. The third kappa shape index (κ3) is 0.813. The molecule has 5 nitrogen and oxygen atoms in total. The summed E-state index contributed by atoms with van der Waals surface area (Å²) in [6, 6.07) is -0.220. The summed E-state index contributed by atoms with van der Waals surface area (Å²) < 4.78 is 1.34. The molecule has 56 valence electrons. The van der Waals surface area contributed by atoms with Crippen molar-refractivity contribution in [3.63, 3.8) is 0 Å². The summed E-state index contributed by atoms with van der Waals surface area (Å²) in [5, 5.41) is 16.2. The standard InChI is InChI=1S/C5H3ClN4O/c6-4-3-1-7-2-10(3)5(11)9-8-4/h1-2H,(H,9,11). The Bertz CT molecular complexity index is 362. The van der Waals surface area contributed by atoms with E-state index in [0.717, 1.165) is 0 Å². The number of imidazole rings is 1. The van der Waals surface area contributed by atoms with Gasteiger partial charge in [-0.05, 0) is 0 Å². The zero-order valence-corrected chi connectivity index (χ0v) is 6.02. The van der Waals surface area contributed by atoms with Crippen molar-refractivity contribution >= 4 is 17.1 Å². The van der Waals surface area contributed by atoms with Crippen molar-refractivity contribution in [2.45, 2.75) is 0 Å². The van der Waals surface area contributed by atoms with E-state index in [4.69, 9.17) is 16.7 Å². The Morgan fingerprint density at radius 1 is 1.45 bits per heavy atom. The molecule has 0 aliphatic heterocycles. The number of rotatable bonds is 0. The van der Waals surface area contributed by atoms with Gasteiger partial charge in [0.15, 0.2) is 5.15 Å². The summed E-state index contributed by atoms with van der Waals surface area (Å²) in [5.74, 6) is 0. The predicted molar refractivity (Wildman–Crippen MR) is 37.5 cm³/mol. The van der Waals surface area contributed by atoms with Gasteiger partial charge < -0.3 is 5.11 Å². The first-order chi connectivity index (χ1) is 5.29. The van der Waals surface area contributed by atoms with Gasteiger partial charge in [0, 0.05) is 0 Å². The van der Waals surface area contributed by atoms with Gasteiger partial charge in [-0.1, -0.05) is 16.7 Å². The Kier molecular flexibility index (Phi) is 1.19. The van der Waals surface area contributed by atoms with Crippen LogP contribution in [0.1, 0.15) is 0 Å². The fraction of sp³-hybridized carbons (Fsp3) is 0. The van der Waals surface area contributed by atoms with Gasteiger partial charge in [-0.2, -0.15) is 0 Å². The second-order valence-electron chi connectivity index (χ2n) is 1.94. The second kappa shape index (κ2) is 2.06. The van der Waals surface area contributed by atoms with Crippen LogP contribution >= 0.6 is 11.6 Å². The summed E-state index contributed by atoms with van der Waals surface area (Å²) in [6.07, 6.45) is 2.90. The lowest BCUT2D eigenvalue weighted by Gasteiger charge is -1.95. The van der Waals surface area contributed by atoms with Crippen LogP contribution in [-0.2, 0) is 0 Å². The zero-order valence-electron chi connectivity index (χ0n) is 5.27. The third-order valence-corrected chi connectivity index (χ3v) is 1.56. The van der Waals surface area contributed by atoms with Crippen LogP contribution < -0.4 is 0 Å². The molecule has 6 heteroatoms. The maximum Gasteiger partial charge on any atom is 0.319 e. The van der Waals surface area contributed by atoms with Gasteiger partial charge in [0.25, 0.3) is 0 Å². The second-order valence-corrected chi connectivity index (χ2v) is 2.30. The van der Waals surface area contributed by atoms with Crippen LogP contribution in [0.15, 0.2) is 12.5 Å². The zero-order chi connectivity index (χ0) is 7.84. The van der Waals surface area contributed by atoms with Crippen LogP contribution in [0.4, 0.5) is 0 Å². The first-order valence-electron chi connectivity index (χ1n) is 2.82. The van der Waals surface area contributed by atoms with E-state index in [1.165, 1.54) is 16.9 Å². The molecule has 0 amide bonds. The van der Waals surface area contributed by atoms with Gasteiger partial charge in [-0.25, -0.2) is 9.38 Å². The molecule has 2 aromatic rings. The Hall–Kier alpha value is -1.36. The monoisotopic (exact) mass is 170 g/mol. The highest BCUT2D eigenvalue weighted by Gasteiger charge is 2.04. The summed E-state index contributed by atoms with van der Waals surface area (Å²) in [5.41, 5.74) is 0.541. The minimum atomic E-state index is -0.220. The van der Waals surface area contributed by atoms with E-state index in [1.54, 1.807) is 0 Å². The van der Waals surface area contributed by atoms with E-state index in [1.807, 2.05) is 0 Å². The largest absolute Gasteiger partial charge is 0.479 e. The molecule has 0 unspecified atom stereocenters. The molecule has 0 atom stereocenters. The van der Waals surface area contributed by atoms with Gasteiger partial charge in [-0.15, -0.1) is 5.10 Å². The highest BCUT2D eigenvalue weighted by atomic mass is 35.5. The first kappa shape index (κ1) is 6.36. The smallest absolute Gasteiger partial charge is 0.319 e. The van der Waals surface area contributed by atoms with E-state index in [0.29, 0.717) is 5.52 Å². The number of fused-ring (bicyclic) bond motifs is 1. The number of halogens is 1. The predicted octanol–water partition coefficient (Wildman–Crippen LogP) is 0.483. The molecule has 2 aromatic heterocycles. The van der Waals surface area contributed by atoms with Crippen molar-refractivity contribution in [3.8, 4) is 6.01 Å². The normalized spacial score (nSPS) is 10.6. The molecular weight excluding hydrogens is 168 g/mol. The van der Waals surface area contributed by atoms with Crippen LogP contribution in [-0.4, -0.2) is 24.7 Å². The molecule has 0 aliphatic carbocycles. The summed E-state index contributed by atoms with van der Waals surface area (Å²) in [7, 11) is 0. The maximum atomic E-state index is 9.08. The number of aromatic hydroxyl groups is 1. The average Bonchev–Trinajstić information content (AvgIpc) is 2.45. The highest BCUT2D eigenvalue weighted by molar-refractivity contribution is 6.32. The summed E-state index contributed by atoms with van der Waals surface area (Å²) in [4.78, 5) is 3.76. The lowest BCUT2D eigenvalue weighted by Crippen LogP contribution is -1.91. The molecule has 2 heterocycles. The van der Waals surface area contributed by atoms with Crippen molar-refractivity contribution in [1.82, 2.24) is 19.6 Å². The average molecular weight is 171 g/mol. The van der Waals surface area contributed by atoms with E-state index >= 15 is 0 Å². The van der Waals surface area contributed by atoms with Crippen LogP contribution in [0.25, 0.3) is 5.52 Å². The lowest BCUT2D eigenvalue weighted by atomic mass is 10.6. The van der Waals surface area contributed by atoms with Crippen LogP contribution in [0.2, 0.25) is 5.15 Å². The van der Waals surface area contributed by atoms with E-state index < -0.39 is 0 Å². The van der Waals surface area contributed by atoms with E-state index in [-0.39, 0.29) is 11.2 Å². The molecule has 0 saturated heterocycles. The van der Waals surface area contributed by atoms with Crippen molar-refractivity contribution in [2.24, 2.45) is 0 Å². The maximum absolute atomic E-state index is 9.08. The van der Waals surface area contributed by atoms with Crippen molar-refractivity contribution < 1.29 is 5.11 Å². The molecule has 0 aliphatic rings. The topological polar surface area (TPSA) is 63.3 Å². The van der Waals surface area contributed by atoms with E-state index in [2.05, 4.69) is 15.2 Å². The molecular formula is C5H3ClN4O. The van der Waals surface area contributed by atoms with Crippen molar-refractivity contribution in [2.75, 3.05) is 0 Å². The van der Waals surface area contributed by atoms with Gasteiger partial charge in [0.05, 0.1) is 6.20 Å². The third-order valence-electron chi connectivity index (χ3n) is 1.29. The Labute approximate surface area is 66.3 Å². The number of nitrogens with zero attached hydrogens (tertiary/aromatic N) is 4. The minimum Gasteiger partial charge on any atom is -0.479 e. The molecule has 0 aromatic carbocycles. The number of hydrogen-bond donors (Lipinski definition) is 1. The molecule has 0 bridgehead atoms. The van der Waals surface area contributed by atoms with Crippen molar-refractivity contribution in [3.05, 3.63) is 17.7 Å². The van der Waals surface area contributed by atoms with Crippen LogP contribution in [0.5, 0.6) is 6.01 Å². The molecule has 0 spiro atoms. The first-order valence-corrected chi connectivity index (χ1v) is 3.20. The minimum absolute atomic E-state index is 0.220. The molecule has 1 N–H and O–H groups in total. The molecule has 0 saturated carbocycles. The van der Waals surface area contributed by atoms with E-state index in [9.17, 15) is 0 Å².